The molecule has 0 aliphatic heterocycles. The minimum atomic E-state index is 0.000000000000000222. The summed E-state index contributed by atoms with van der Waals surface area (Å²) in [6, 6.07) is 0. The normalized spacial score (nSPS) is 4.25. The van der Waals surface area contributed by atoms with E-state index in [0.717, 1.165) is 7.11 Å². The van der Waals surface area contributed by atoms with Gasteiger partial charge in [0.2, 0.25) is 0 Å². The van der Waals surface area contributed by atoms with Gasteiger partial charge in [-0.1, -0.05) is 0 Å². The molecule has 5 heteroatoms. The van der Waals surface area contributed by atoms with Gasteiger partial charge in [0.15, 0.2) is 5.11 Å². The van der Waals surface area contributed by atoms with E-state index < -0.39 is 0 Å². The summed E-state index contributed by atoms with van der Waals surface area (Å²) in [5.74, 6) is 0. The predicted octanol–water partition coefficient (Wildman–Crippen LogP) is -1.39. The molecular formula is C3H10N2O2S. The third-order valence-electron chi connectivity index (χ3n) is 0. The van der Waals surface area contributed by atoms with Crippen molar-refractivity contribution in [2.45, 2.75) is 0 Å². The van der Waals surface area contributed by atoms with E-state index in [1.165, 1.54) is 0 Å². The van der Waals surface area contributed by atoms with Crippen LogP contribution in [0.4, 0.5) is 0 Å². The highest BCUT2D eigenvalue weighted by Crippen LogP contribution is 1.32. The van der Waals surface area contributed by atoms with Crippen molar-refractivity contribution in [3.8, 4) is 0 Å². The zero-order chi connectivity index (χ0) is 7.58. The molecule has 0 aromatic heterocycles. The second kappa shape index (κ2) is 33.2. The Bertz CT molecular complexity index is 46.5. The summed E-state index contributed by atoms with van der Waals surface area (Å²) in [4.78, 5) is 8.00. The van der Waals surface area contributed by atoms with Crippen molar-refractivity contribution in [1.82, 2.24) is 0 Å². The summed E-state index contributed by atoms with van der Waals surface area (Å²) in [5.41, 5.74) is 9.24. The summed E-state index contributed by atoms with van der Waals surface area (Å²) in [5, 5.41) is 7.00. The largest absolute Gasteiger partial charge is 0.400 e. The Labute approximate surface area is 53.5 Å². The maximum absolute atomic E-state index is 8.00. The number of hydrogen-bond acceptors (Lipinski definition) is 3. The summed E-state index contributed by atoms with van der Waals surface area (Å²) < 4.78 is 0. The van der Waals surface area contributed by atoms with Gasteiger partial charge in [0.25, 0.3) is 0 Å². The first kappa shape index (κ1) is 15.7. The van der Waals surface area contributed by atoms with Crippen LogP contribution >= 0.6 is 12.2 Å². The Kier molecular flexibility index (Phi) is 65.1. The highest BCUT2D eigenvalue weighted by Gasteiger charge is 1.53. The molecule has 0 atom stereocenters. The maximum atomic E-state index is 8.00. The van der Waals surface area contributed by atoms with E-state index in [9.17, 15) is 0 Å². The van der Waals surface area contributed by atoms with Crippen molar-refractivity contribution in [2.24, 2.45) is 11.5 Å². The fourth-order valence-corrected chi connectivity index (χ4v) is 0. The molecule has 0 saturated heterocycles. The zero-order valence-electron chi connectivity index (χ0n) is 4.63. The van der Waals surface area contributed by atoms with Crippen molar-refractivity contribution < 1.29 is 9.90 Å². The lowest BCUT2D eigenvalue weighted by atomic mass is 11.3. The van der Waals surface area contributed by atoms with E-state index in [0.29, 0.717) is 0 Å². The topological polar surface area (TPSA) is 89.3 Å². The van der Waals surface area contributed by atoms with E-state index in [2.05, 4.69) is 23.7 Å². The van der Waals surface area contributed by atoms with Gasteiger partial charge in [-0.2, -0.15) is 0 Å². The molecule has 0 fully saturated rings. The van der Waals surface area contributed by atoms with Crippen LogP contribution < -0.4 is 11.5 Å². The summed E-state index contributed by atoms with van der Waals surface area (Å²) in [6.45, 7) is 2.00. The molecule has 0 aromatic rings. The summed E-state index contributed by atoms with van der Waals surface area (Å²) >= 11 is 4.09. The quantitative estimate of drug-likeness (QED) is 0.359. The van der Waals surface area contributed by atoms with Crippen molar-refractivity contribution in [3.63, 3.8) is 0 Å². The van der Waals surface area contributed by atoms with E-state index in [-0.39, 0.29) is 5.11 Å². The van der Waals surface area contributed by atoms with Gasteiger partial charge >= 0.3 is 0 Å². The van der Waals surface area contributed by atoms with Gasteiger partial charge in [0, 0.05) is 7.11 Å². The van der Waals surface area contributed by atoms with Crippen LogP contribution in [0.15, 0.2) is 0 Å². The third-order valence-corrected chi connectivity index (χ3v) is 0. The van der Waals surface area contributed by atoms with Crippen LogP contribution in [0, 0.1) is 0 Å². The Morgan fingerprint density at radius 1 is 1.50 bits per heavy atom. The Balaban J connectivity index is -0.0000000542. The Morgan fingerprint density at radius 2 is 1.50 bits per heavy atom. The van der Waals surface area contributed by atoms with Gasteiger partial charge in [-0.05, 0) is 12.2 Å². The lowest BCUT2D eigenvalue weighted by Gasteiger charge is -1.68. The molecule has 0 aliphatic carbocycles. The van der Waals surface area contributed by atoms with Gasteiger partial charge in [-0.15, -0.1) is 0 Å². The molecule has 0 saturated carbocycles. The smallest absolute Gasteiger partial charge is 0.160 e. The lowest BCUT2D eigenvalue weighted by molar-refractivity contribution is -0.0979. The summed E-state index contributed by atoms with van der Waals surface area (Å²) in [7, 11) is 1.00. The molecule has 0 aromatic carbocycles. The van der Waals surface area contributed by atoms with Gasteiger partial charge < -0.3 is 21.4 Å². The third kappa shape index (κ3) is 215. The molecule has 0 heterocycles. The second-order valence-electron chi connectivity index (χ2n) is 0.402. The number of carbonyl (C=O) groups excluding carboxylic acids is 1. The Morgan fingerprint density at radius 3 is 1.50 bits per heavy atom. The molecule has 0 spiro atoms. The SMILES string of the molecule is C=O.CO.NC(N)=S. The molecule has 50 valence electrons. The van der Waals surface area contributed by atoms with Crippen LogP contribution in [0.3, 0.4) is 0 Å². The summed E-state index contributed by atoms with van der Waals surface area (Å²) in [6.07, 6.45) is 0. The van der Waals surface area contributed by atoms with Crippen LogP contribution in [0.25, 0.3) is 0 Å². The number of aliphatic hydroxyl groups is 1. The minimum absolute atomic E-state index is 0.000000000000000222. The van der Waals surface area contributed by atoms with Crippen LogP contribution in [-0.4, -0.2) is 24.1 Å². The first-order valence-electron chi connectivity index (χ1n) is 1.52. The monoisotopic (exact) mass is 138 g/mol. The zero-order valence-corrected chi connectivity index (χ0v) is 5.44. The van der Waals surface area contributed by atoms with E-state index >= 15 is 0 Å². The van der Waals surface area contributed by atoms with E-state index in [1.54, 1.807) is 0 Å². The molecule has 0 radical (unpaired) electrons. The number of rotatable bonds is 0. The van der Waals surface area contributed by atoms with Crippen LogP contribution in [-0.2, 0) is 4.79 Å². The number of nitrogens with two attached hydrogens (primary N) is 2. The molecule has 0 unspecified atom stereocenters. The minimum Gasteiger partial charge on any atom is -0.400 e. The molecule has 0 bridgehead atoms. The first-order chi connectivity index (χ1) is 3.73. The average molecular weight is 138 g/mol. The molecular weight excluding hydrogens is 128 g/mol. The predicted molar refractivity (Wildman–Crippen MR) is 36.2 cm³/mol. The standard InChI is InChI=1S/CH4N2S.CH4O.CH2O/c2-1(3)4;2*1-2/h(H4,2,3,4);2H,1H3;1H2. The maximum Gasteiger partial charge on any atom is 0.160 e. The number of thiocarbonyl (C=S) groups is 1. The fourth-order valence-electron chi connectivity index (χ4n) is 0. The second-order valence-corrected chi connectivity index (χ2v) is 0.874. The lowest BCUT2D eigenvalue weighted by Crippen LogP contribution is -2.18. The van der Waals surface area contributed by atoms with E-state index in [4.69, 9.17) is 9.90 Å². The van der Waals surface area contributed by atoms with Crippen LogP contribution in [0.2, 0.25) is 0 Å². The van der Waals surface area contributed by atoms with Crippen molar-refractivity contribution >= 4 is 24.1 Å². The molecule has 0 rings (SSSR count). The molecule has 8 heavy (non-hydrogen) atoms. The number of carbonyl (C=O) groups is 1. The van der Waals surface area contributed by atoms with Crippen molar-refractivity contribution in [3.05, 3.63) is 0 Å². The molecule has 0 aliphatic rings. The molecule has 5 N–H and O–H groups in total. The first-order valence-corrected chi connectivity index (χ1v) is 1.93. The highest BCUT2D eigenvalue weighted by atomic mass is 32.1. The van der Waals surface area contributed by atoms with Crippen molar-refractivity contribution in [1.29, 1.82) is 0 Å². The van der Waals surface area contributed by atoms with Crippen molar-refractivity contribution in [2.75, 3.05) is 7.11 Å². The fraction of sp³-hybridized carbons (Fsp3) is 0.333. The number of hydrogen-bond donors (Lipinski definition) is 3. The molecule has 0 amide bonds. The highest BCUT2D eigenvalue weighted by molar-refractivity contribution is 7.80. The van der Waals surface area contributed by atoms with E-state index in [1.807, 2.05) is 6.79 Å². The van der Waals surface area contributed by atoms with Crippen LogP contribution in [0.5, 0.6) is 0 Å². The van der Waals surface area contributed by atoms with Gasteiger partial charge in [-0.25, -0.2) is 0 Å². The van der Waals surface area contributed by atoms with Gasteiger partial charge in [0.05, 0.1) is 0 Å². The number of aliphatic hydroxyl groups excluding tert-OH is 1. The van der Waals surface area contributed by atoms with Gasteiger partial charge in [-0.3, -0.25) is 0 Å². The van der Waals surface area contributed by atoms with Gasteiger partial charge in [0.1, 0.15) is 6.79 Å². The molecule has 4 nitrogen and oxygen atoms in total. The van der Waals surface area contributed by atoms with Crippen LogP contribution in [0.1, 0.15) is 0 Å². The average Bonchev–Trinajstić information content (AvgIpc) is 1.75. The Hall–Kier alpha value is -0.680.